The van der Waals surface area contributed by atoms with Gasteiger partial charge in [-0.15, -0.1) is 0 Å². The van der Waals surface area contributed by atoms with E-state index in [1.165, 1.54) is 6.92 Å². The summed E-state index contributed by atoms with van der Waals surface area (Å²) in [5.74, 6) is -0.255. The lowest BCUT2D eigenvalue weighted by Crippen LogP contribution is -2.35. The van der Waals surface area contributed by atoms with Gasteiger partial charge < -0.3 is 10.1 Å². The average Bonchev–Trinajstić information content (AvgIpc) is 2.15. The van der Waals surface area contributed by atoms with Crippen LogP contribution in [0.1, 0.15) is 20.8 Å². The summed E-state index contributed by atoms with van der Waals surface area (Å²) in [5.41, 5.74) is 0.541. The summed E-state index contributed by atoms with van der Waals surface area (Å²) in [6.07, 6.45) is 0. The van der Waals surface area contributed by atoms with Crippen molar-refractivity contribution in [1.29, 1.82) is 0 Å². The van der Waals surface area contributed by atoms with Crippen molar-refractivity contribution in [2.24, 2.45) is 0 Å². The lowest BCUT2D eigenvalue weighted by Gasteiger charge is -2.25. The van der Waals surface area contributed by atoms with Crippen LogP contribution in [0, 0.1) is 0 Å². The molecule has 82 valence electrons. The molecule has 0 amide bonds. The fourth-order valence-corrected chi connectivity index (χ4v) is 1.30. The molecule has 0 unspecified atom stereocenters. The molecule has 1 rings (SSSR count). The van der Waals surface area contributed by atoms with E-state index in [9.17, 15) is 4.79 Å². The van der Waals surface area contributed by atoms with E-state index in [-0.39, 0.29) is 5.97 Å². The smallest absolute Gasteiger partial charge is 0.303 e. The normalized spacial score (nSPS) is 10.9. The summed E-state index contributed by atoms with van der Waals surface area (Å²) in [6.45, 7) is 5.77. The topological polar surface area (TPSA) is 38.3 Å². The summed E-state index contributed by atoms with van der Waals surface area (Å²) in [7, 11) is 0. The first-order chi connectivity index (χ1) is 6.99. The predicted molar refractivity (Wildman–Crippen MR) is 60.8 cm³/mol. The van der Waals surface area contributed by atoms with E-state index < -0.39 is 5.60 Å². The Morgan fingerprint density at radius 1 is 1.33 bits per heavy atom. The van der Waals surface area contributed by atoms with Crippen LogP contribution in [0.2, 0.25) is 0 Å². The second-order valence-electron chi connectivity index (χ2n) is 4.07. The molecule has 0 spiro atoms. The van der Waals surface area contributed by atoms with Gasteiger partial charge in [-0.2, -0.15) is 0 Å². The first-order valence-corrected chi connectivity index (χ1v) is 4.98. The third kappa shape index (κ3) is 4.49. The minimum absolute atomic E-state index is 0.255. The van der Waals surface area contributed by atoms with Crippen molar-refractivity contribution in [1.82, 2.24) is 0 Å². The van der Waals surface area contributed by atoms with Crippen molar-refractivity contribution in [3.8, 4) is 0 Å². The molecule has 0 heterocycles. The summed E-state index contributed by atoms with van der Waals surface area (Å²) in [4.78, 5) is 10.8. The van der Waals surface area contributed by atoms with Crippen molar-refractivity contribution in [2.45, 2.75) is 26.4 Å². The molecule has 0 fully saturated rings. The zero-order chi connectivity index (χ0) is 11.3. The minimum atomic E-state index is -0.484. The minimum Gasteiger partial charge on any atom is -0.458 e. The third-order valence-electron chi connectivity index (χ3n) is 1.91. The molecule has 0 bridgehead atoms. The largest absolute Gasteiger partial charge is 0.458 e. The highest BCUT2D eigenvalue weighted by atomic mass is 16.6. The molecule has 0 aliphatic heterocycles. The molecule has 0 aliphatic rings. The van der Waals surface area contributed by atoms with E-state index >= 15 is 0 Å². The number of hydrogen-bond donors (Lipinski definition) is 1. The van der Waals surface area contributed by atoms with Gasteiger partial charge in [-0.05, 0) is 26.0 Å². The molecule has 1 aromatic rings. The Labute approximate surface area is 90.4 Å². The van der Waals surface area contributed by atoms with Crippen molar-refractivity contribution in [3.05, 3.63) is 30.3 Å². The van der Waals surface area contributed by atoms with E-state index in [1.54, 1.807) is 0 Å². The van der Waals surface area contributed by atoms with Gasteiger partial charge in [0.15, 0.2) is 0 Å². The summed E-state index contributed by atoms with van der Waals surface area (Å²) in [6, 6.07) is 9.83. The number of hydrogen-bond acceptors (Lipinski definition) is 3. The third-order valence-corrected chi connectivity index (χ3v) is 1.91. The van der Waals surface area contributed by atoms with Crippen molar-refractivity contribution >= 4 is 11.7 Å². The van der Waals surface area contributed by atoms with Crippen LogP contribution in [0.15, 0.2) is 30.3 Å². The monoisotopic (exact) mass is 207 g/mol. The van der Waals surface area contributed by atoms with Crippen LogP contribution in [0.3, 0.4) is 0 Å². The van der Waals surface area contributed by atoms with Gasteiger partial charge in [-0.1, -0.05) is 18.2 Å². The number of anilines is 1. The number of esters is 1. The molecule has 0 aromatic heterocycles. The predicted octanol–water partition coefficient (Wildman–Crippen LogP) is 2.44. The maximum Gasteiger partial charge on any atom is 0.303 e. The Morgan fingerprint density at radius 2 is 1.93 bits per heavy atom. The fraction of sp³-hybridized carbons (Fsp3) is 0.417. The Kier molecular flexibility index (Phi) is 3.72. The lowest BCUT2D eigenvalue weighted by molar-refractivity contribution is -0.152. The van der Waals surface area contributed by atoms with Crippen molar-refractivity contribution < 1.29 is 9.53 Å². The molecule has 0 aliphatic carbocycles. The Hall–Kier alpha value is -1.51. The van der Waals surface area contributed by atoms with E-state index in [0.717, 1.165) is 5.69 Å². The first-order valence-electron chi connectivity index (χ1n) is 4.98. The fourth-order valence-electron chi connectivity index (χ4n) is 1.30. The van der Waals surface area contributed by atoms with Crippen LogP contribution in [-0.2, 0) is 9.53 Å². The molecule has 0 radical (unpaired) electrons. The van der Waals surface area contributed by atoms with Gasteiger partial charge in [-0.3, -0.25) is 4.79 Å². The number of rotatable bonds is 4. The highest BCUT2D eigenvalue weighted by Gasteiger charge is 2.20. The van der Waals surface area contributed by atoms with Crippen LogP contribution in [0.25, 0.3) is 0 Å². The molecule has 1 N–H and O–H groups in total. The van der Waals surface area contributed by atoms with Gasteiger partial charge >= 0.3 is 5.97 Å². The number of carbonyl (C=O) groups is 1. The number of benzene rings is 1. The molecular weight excluding hydrogens is 190 g/mol. The van der Waals surface area contributed by atoms with Crippen LogP contribution in [-0.4, -0.2) is 18.1 Å². The van der Waals surface area contributed by atoms with Gasteiger partial charge in [-0.25, -0.2) is 0 Å². The maximum atomic E-state index is 10.8. The number of nitrogens with one attached hydrogen (secondary N) is 1. The standard InChI is InChI=1S/C12H17NO2/c1-10(14)15-12(2,3)9-13-11-7-5-4-6-8-11/h4-8,13H,9H2,1-3H3. The van der Waals surface area contributed by atoms with Gasteiger partial charge in [0.1, 0.15) is 5.60 Å². The van der Waals surface area contributed by atoms with Crippen LogP contribution in [0.5, 0.6) is 0 Å². The second-order valence-corrected chi connectivity index (χ2v) is 4.07. The summed E-state index contributed by atoms with van der Waals surface area (Å²) >= 11 is 0. The molecule has 1 aromatic carbocycles. The number of para-hydroxylation sites is 1. The van der Waals surface area contributed by atoms with Crippen LogP contribution in [0.4, 0.5) is 5.69 Å². The lowest BCUT2D eigenvalue weighted by atomic mass is 10.1. The Morgan fingerprint density at radius 3 is 2.47 bits per heavy atom. The van der Waals surface area contributed by atoms with Gasteiger partial charge in [0.25, 0.3) is 0 Å². The molecule has 3 nitrogen and oxygen atoms in total. The van der Waals surface area contributed by atoms with E-state index in [2.05, 4.69) is 5.32 Å². The van der Waals surface area contributed by atoms with Gasteiger partial charge in [0.2, 0.25) is 0 Å². The van der Waals surface area contributed by atoms with Crippen molar-refractivity contribution in [2.75, 3.05) is 11.9 Å². The molecule has 0 saturated heterocycles. The maximum absolute atomic E-state index is 10.8. The zero-order valence-corrected chi connectivity index (χ0v) is 9.41. The highest BCUT2D eigenvalue weighted by molar-refractivity contribution is 5.66. The van der Waals surface area contributed by atoms with E-state index in [4.69, 9.17) is 4.74 Å². The van der Waals surface area contributed by atoms with Gasteiger partial charge in [0.05, 0.1) is 6.54 Å². The summed E-state index contributed by atoms with van der Waals surface area (Å²) in [5, 5.41) is 3.21. The van der Waals surface area contributed by atoms with E-state index in [1.807, 2.05) is 44.2 Å². The quantitative estimate of drug-likeness (QED) is 0.771. The summed E-state index contributed by atoms with van der Waals surface area (Å²) < 4.78 is 5.16. The number of carbonyl (C=O) groups excluding carboxylic acids is 1. The Balaban J connectivity index is 2.46. The van der Waals surface area contributed by atoms with Crippen molar-refractivity contribution in [3.63, 3.8) is 0 Å². The zero-order valence-electron chi connectivity index (χ0n) is 9.41. The molecule has 0 atom stereocenters. The van der Waals surface area contributed by atoms with Crippen LogP contribution >= 0.6 is 0 Å². The second kappa shape index (κ2) is 4.82. The molecule has 0 saturated carbocycles. The average molecular weight is 207 g/mol. The molecule has 15 heavy (non-hydrogen) atoms. The number of ether oxygens (including phenoxy) is 1. The van der Waals surface area contributed by atoms with Crippen LogP contribution < -0.4 is 5.32 Å². The molecular formula is C12H17NO2. The van der Waals surface area contributed by atoms with Gasteiger partial charge in [0, 0.05) is 12.6 Å². The Bertz CT molecular complexity index is 320. The first kappa shape index (κ1) is 11.6. The highest BCUT2D eigenvalue weighted by Crippen LogP contribution is 2.12. The molecule has 3 heteroatoms. The SMILES string of the molecule is CC(=O)OC(C)(C)CNc1ccccc1. The van der Waals surface area contributed by atoms with E-state index in [0.29, 0.717) is 6.54 Å².